The first-order valence-electron chi connectivity index (χ1n) is 6.87. The Hall–Kier alpha value is -1.90. The normalized spacial score (nSPS) is 13.3. The fourth-order valence-electron chi connectivity index (χ4n) is 2.34. The van der Waals surface area contributed by atoms with Crippen molar-refractivity contribution in [3.8, 4) is 0 Å². The fraction of sp³-hybridized carbons (Fsp3) is 0.462. The highest BCUT2D eigenvalue weighted by atomic mass is 35.5. The number of aromatic amines is 1. The number of hydrogen-bond acceptors (Lipinski definition) is 5. The lowest BCUT2D eigenvalue weighted by Crippen LogP contribution is -2.25. The van der Waals surface area contributed by atoms with Crippen molar-refractivity contribution in [1.82, 2.24) is 25.3 Å². The van der Waals surface area contributed by atoms with Crippen LogP contribution in [-0.4, -0.2) is 46.1 Å². The molecule has 0 aromatic carbocycles. The van der Waals surface area contributed by atoms with E-state index >= 15 is 0 Å². The third-order valence-corrected chi connectivity index (χ3v) is 3.44. The number of nitrogens with zero attached hydrogens (tertiary/aromatic N) is 3. The van der Waals surface area contributed by atoms with E-state index in [1.807, 2.05) is 0 Å². The molecule has 3 heterocycles. The molecule has 3 rings (SSSR count). The summed E-state index contributed by atoms with van der Waals surface area (Å²) in [6, 6.07) is 0. The lowest BCUT2D eigenvalue weighted by atomic mass is 10.1. The second-order valence-electron chi connectivity index (χ2n) is 4.90. The summed E-state index contributed by atoms with van der Waals surface area (Å²) >= 11 is 0. The van der Waals surface area contributed by atoms with Gasteiger partial charge in [0, 0.05) is 44.1 Å². The molecule has 1 aliphatic rings. The van der Waals surface area contributed by atoms with Crippen LogP contribution in [-0.2, 0) is 24.2 Å². The summed E-state index contributed by atoms with van der Waals surface area (Å²) in [6.07, 6.45) is 4.25. The lowest BCUT2D eigenvalue weighted by Gasteiger charge is -2.12. The molecule has 8 nitrogen and oxygen atoms in total. The van der Waals surface area contributed by atoms with Gasteiger partial charge in [0.2, 0.25) is 0 Å². The predicted molar refractivity (Wildman–Crippen MR) is 83.3 cm³/mol. The van der Waals surface area contributed by atoms with E-state index < -0.39 is 0 Å². The van der Waals surface area contributed by atoms with Crippen molar-refractivity contribution in [3.05, 3.63) is 29.3 Å². The van der Waals surface area contributed by atoms with Crippen LogP contribution in [0.4, 0.5) is 5.69 Å². The van der Waals surface area contributed by atoms with Crippen molar-refractivity contribution >= 4 is 24.0 Å². The maximum Gasteiger partial charge on any atom is 0.276 e. The summed E-state index contributed by atoms with van der Waals surface area (Å²) < 4.78 is 6.71. The van der Waals surface area contributed by atoms with Crippen LogP contribution in [0.15, 0.2) is 12.4 Å². The quantitative estimate of drug-likeness (QED) is 0.746. The Bertz CT molecular complexity index is 638. The number of methoxy groups -OCH3 is 1. The Kier molecular flexibility index (Phi) is 5.53. The van der Waals surface area contributed by atoms with E-state index in [9.17, 15) is 4.79 Å². The van der Waals surface area contributed by atoms with E-state index in [-0.39, 0.29) is 18.3 Å². The average molecular weight is 327 g/mol. The third kappa shape index (κ3) is 3.46. The third-order valence-electron chi connectivity index (χ3n) is 3.44. The number of nitrogens with one attached hydrogen (secondary N) is 3. The van der Waals surface area contributed by atoms with Crippen molar-refractivity contribution in [2.24, 2.45) is 0 Å². The number of fused-ring (bicyclic) bond motifs is 1. The molecule has 0 fully saturated rings. The predicted octanol–water partition coefficient (Wildman–Crippen LogP) is 0.572. The van der Waals surface area contributed by atoms with Gasteiger partial charge < -0.3 is 15.4 Å². The number of ether oxygens (including phenoxy) is 1. The van der Waals surface area contributed by atoms with Crippen LogP contribution in [0.25, 0.3) is 0 Å². The average Bonchev–Trinajstić information content (AvgIpc) is 3.11. The van der Waals surface area contributed by atoms with Gasteiger partial charge in [-0.15, -0.1) is 12.4 Å². The maximum atomic E-state index is 12.3. The minimum Gasteiger partial charge on any atom is -0.383 e. The zero-order valence-electron chi connectivity index (χ0n) is 12.3. The molecule has 2 aromatic heterocycles. The van der Waals surface area contributed by atoms with Crippen LogP contribution >= 0.6 is 12.4 Å². The van der Waals surface area contributed by atoms with Gasteiger partial charge in [0.15, 0.2) is 5.69 Å². The molecule has 0 aliphatic carbocycles. The number of carbonyl (C=O) groups excluding carboxylic acids is 1. The van der Waals surface area contributed by atoms with Crippen molar-refractivity contribution < 1.29 is 9.53 Å². The molecule has 2 aromatic rings. The molecular formula is C13H19ClN6O2. The van der Waals surface area contributed by atoms with Crippen LogP contribution in [0.5, 0.6) is 0 Å². The molecule has 0 atom stereocenters. The molecule has 0 saturated carbocycles. The highest BCUT2D eigenvalue weighted by Gasteiger charge is 2.21. The van der Waals surface area contributed by atoms with Gasteiger partial charge in [-0.05, 0) is 0 Å². The number of H-pyrrole nitrogens is 1. The number of amides is 1. The minimum atomic E-state index is -0.220. The second-order valence-corrected chi connectivity index (χ2v) is 4.90. The molecular weight excluding hydrogens is 308 g/mol. The van der Waals surface area contributed by atoms with Crippen LogP contribution in [0, 0.1) is 0 Å². The molecule has 1 aliphatic heterocycles. The van der Waals surface area contributed by atoms with Crippen molar-refractivity contribution in [1.29, 1.82) is 0 Å². The Morgan fingerprint density at radius 1 is 1.55 bits per heavy atom. The molecule has 0 spiro atoms. The SMILES string of the molecule is COCCn1cc(NC(=O)c2n[nH]c3c2CNCC3)cn1.Cl. The van der Waals surface area contributed by atoms with E-state index in [4.69, 9.17) is 4.74 Å². The number of anilines is 1. The zero-order valence-corrected chi connectivity index (χ0v) is 13.1. The Labute approximate surface area is 134 Å². The van der Waals surface area contributed by atoms with Gasteiger partial charge in [-0.3, -0.25) is 14.6 Å². The molecule has 0 saturated heterocycles. The first-order valence-corrected chi connectivity index (χ1v) is 6.87. The van der Waals surface area contributed by atoms with Crippen molar-refractivity contribution in [2.75, 3.05) is 25.6 Å². The van der Waals surface area contributed by atoms with E-state index in [2.05, 4.69) is 25.9 Å². The minimum absolute atomic E-state index is 0. The molecule has 0 unspecified atom stereocenters. The van der Waals surface area contributed by atoms with E-state index in [1.165, 1.54) is 0 Å². The van der Waals surface area contributed by atoms with Gasteiger partial charge in [-0.25, -0.2) is 0 Å². The van der Waals surface area contributed by atoms with Crippen LogP contribution in [0.1, 0.15) is 21.7 Å². The van der Waals surface area contributed by atoms with Crippen LogP contribution in [0.3, 0.4) is 0 Å². The Morgan fingerprint density at radius 2 is 2.41 bits per heavy atom. The topological polar surface area (TPSA) is 96.9 Å². The lowest BCUT2D eigenvalue weighted by molar-refractivity contribution is 0.102. The molecule has 22 heavy (non-hydrogen) atoms. The standard InChI is InChI=1S/C13H18N6O2.ClH/c1-21-5-4-19-8-9(6-15-19)16-13(20)12-10-7-14-3-2-11(10)17-18-12;/h6,8,14H,2-5,7H2,1H3,(H,16,20)(H,17,18);1H. The number of halogens is 1. The largest absolute Gasteiger partial charge is 0.383 e. The monoisotopic (exact) mass is 326 g/mol. The maximum absolute atomic E-state index is 12.3. The molecule has 0 bridgehead atoms. The summed E-state index contributed by atoms with van der Waals surface area (Å²) in [5.74, 6) is -0.220. The smallest absolute Gasteiger partial charge is 0.276 e. The number of rotatable bonds is 5. The summed E-state index contributed by atoms with van der Waals surface area (Å²) in [5, 5.41) is 17.3. The van der Waals surface area contributed by atoms with Gasteiger partial charge in [0.05, 0.1) is 25.0 Å². The molecule has 1 amide bonds. The Balaban J connectivity index is 0.00000176. The highest BCUT2D eigenvalue weighted by Crippen LogP contribution is 2.16. The van der Waals surface area contributed by atoms with E-state index in [0.29, 0.717) is 31.1 Å². The molecule has 3 N–H and O–H groups in total. The van der Waals surface area contributed by atoms with E-state index in [1.54, 1.807) is 24.2 Å². The molecule has 9 heteroatoms. The van der Waals surface area contributed by atoms with Gasteiger partial charge >= 0.3 is 0 Å². The number of aromatic nitrogens is 4. The van der Waals surface area contributed by atoms with Gasteiger partial charge in [0.25, 0.3) is 5.91 Å². The van der Waals surface area contributed by atoms with Gasteiger partial charge in [-0.1, -0.05) is 0 Å². The van der Waals surface area contributed by atoms with Gasteiger partial charge in [0.1, 0.15) is 0 Å². The number of carbonyl (C=O) groups is 1. The summed E-state index contributed by atoms with van der Waals surface area (Å²) in [6.45, 7) is 2.80. The van der Waals surface area contributed by atoms with Crippen molar-refractivity contribution in [3.63, 3.8) is 0 Å². The van der Waals surface area contributed by atoms with E-state index in [0.717, 1.165) is 24.2 Å². The zero-order chi connectivity index (χ0) is 14.7. The van der Waals surface area contributed by atoms with Crippen LogP contribution in [0.2, 0.25) is 0 Å². The second kappa shape index (κ2) is 7.39. The molecule has 120 valence electrons. The first-order chi connectivity index (χ1) is 10.3. The highest BCUT2D eigenvalue weighted by molar-refractivity contribution is 6.03. The Morgan fingerprint density at radius 3 is 3.23 bits per heavy atom. The molecule has 0 radical (unpaired) electrons. The first kappa shape index (κ1) is 16.5. The van der Waals surface area contributed by atoms with Gasteiger partial charge in [-0.2, -0.15) is 10.2 Å². The summed E-state index contributed by atoms with van der Waals surface area (Å²) in [4.78, 5) is 12.3. The summed E-state index contributed by atoms with van der Waals surface area (Å²) in [7, 11) is 1.64. The summed E-state index contributed by atoms with van der Waals surface area (Å²) in [5.41, 5.74) is 3.08. The van der Waals surface area contributed by atoms with Crippen LogP contribution < -0.4 is 10.6 Å². The van der Waals surface area contributed by atoms with Crippen molar-refractivity contribution in [2.45, 2.75) is 19.5 Å². The fourth-order valence-corrected chi connectivity index (χ4v) is 2.34. The number of hydrogen-bond donors (Lipinski definition) is 3.